The van der Waals surface area contributed by atoms with E-state index in [-0.39, 0.29) is 19.0 Å². The van der Waals surface area contributed by atoms with Gasteiger partial charge in [-0.25, -0.2) is 4.79 Å². The lowest BCUT2D eigenvalue weighted by atomic mass is 10.2. The van der Waals surface area contributed by atoms with Gasteiger partial charge in [0, 0.05) is 19.5 Å². The molecule has 0 saturated carbocycles. The first-order valence-corrected chi connectivity index (χ1v) is 11.3. The topological polar surface area (TPSA) is 102 Å². The highest BCUT2D eigenvalue weighted by atomic mass is 35.5. The number of anilines is 1. The molecule has 3 aromatic rings. The van der Waals surface area contributed by atoms with Crippen LogP contribution < -0.4 is 21.9 Å². The maximum Gasteiger partial charge on any atom is 0.331 e. The molecule has 9 heteroatoms. The third-order valence-electron chi connectivity index (χ3n) is 5.19. The first-order chi connectivity index (χ1) is 15.9. The lowest BCUT2D eigenvalue weighted by molar-refractivity contribution is -0.121. The summed E-state index contributed by atoms with van der Waals surface area (Å²) in [5.41, 5.74) is -0.148. The molecule has 0 aliphatic heterocycles. The summed E-state index contributed by atoms with van der Waals surface area (Å²) >= 11 is 6.11. The summed E-state index contributed by atoms with van der Waals surface area (Å²) in [7, 11) is 0. The van der Waals surface area contributed by atoms with E-state index < -0.39 is 17.2 Å². The second kappa shape index (κ2) is 11.5. The largest absolute Gasteiger partial charge is 0.356 e. The van der Waals surface area contributed by atoms with Crippen LogP contribution in [-0.4, -0.2) is 27.5 Å². The summed E-state index contributed by atoms with van der Waals surface area (Å²) in [5.74, 6) is -0.482. The fourth-order valence-electron chi connectivity index (χ4n) is 3.53. The van der Waals surface area contributed by atoms with Gasteiger partial charge in [-0.3, -0.25) is 23.5 Å². The average molecular weight is 471 g/mol. The molecular weight excluding hydrogens is 444 g/mol. The van der Waals surface area contributed by atoms with Gasteiger partial charge in [-0.15, -0.1) is 0 Å². The van der Waals surface area contributed by atoms with Crippen molar-refractivity contribution >= 4 is 40.0 Å². The van der Waals surface area contributed by atoms with E-state index in [4.69, 9.17) is 11.6 Å². The second-order valence-electron chi connectivity index (χ2n) is 7.68. The van der Waals surface area contributed by atoms with Crippen molar-refractivity contribution in [2.45, 2.75) is 45.7 Å². The van der Waals surface area contributed by atoms with Crippen LogP contribution in [0.5, 0.6) is 0 Å². The number of carbonyl (C=O) groups is 2. The predicted molar refractivity (Wildman–Crippen MR) is 130 cm³/mol. The van der Waals surface area contributed by atoms with Crippen LogP contribution >= 0.6 is 11.6 Å². The minimum absolute atomic E-state index is 0.0450. The first kappa shape index (κ1) is 24.3. The molecule has 0 atom stereocenters. The van der Waals surface area contributed by atoms with E-state index in [0.717, 1.165) is 11.0 Å². The highest BCUT2D eigenvalue weighted by molar-refractivity contribution is 6.33. The third-order valence-corrected chi connectivity index (χ3v) is 5.52. The summed E-state index contributed by atoms with van der Waals surface area (Å²) in [6, 6.07) is 13.5. The minimum Gasteiger partial charge on any atom is -0.356 e. The Bertz CT molecular complexity index is 1270. The van der Waals surface area contributed by atoms with Crippen molar-refractivity contribution in [2.75, 3.05) is 11.9 Å². The number of nitrogens with zero attached hydrogens (tertiary/aromatic N) is 2. The Balaban J connectivity index is 1.82. The van der Waals surface area contributed by atoms with Crippen LogP contribution in [0.15, 0.2) is 58.1 Å². The second-order valence-corrected chi connectivity index (χ2v) is 8.08. The number of amides is 2. The molecule has 174 valence electrons. The van der Waals surface area contributed by atoms with Crippen molar-refractivity contribution in [2.24, 2.45) is 0 Å². The highest BCUT2D eigenvalue weighted by Gasteiger charge is 2.16. The zero-order valence-electron chi connectivity index (χ0n) is 18.5. The zero-order valence-corrected chi connectivity index (χ0v) is 19.2. The molecule has 0 spiro atoms. The number of carbonyl (C=O) groups excluding carboxylic acids is 2. The molecule has 2 amide bonds. The fraction of sp³-hybridized carbons (Fsp3) is 0.333. The van der Waals surface area contributed by atoms with Gasteiger partial charge in [0.1, 0.15) is 6.54 Å². The molecule has 3 rings (SSSR count). The maximum atomic E-state index is 13.2. The smallest absolute Gasteiger partial charge is 0.331 e. The number of nitrogens with one attached hydrogen (secondary N) is 2. The Morgan fingerprint density at radius 2 is 1.67 bits per heavy atom. The Kier molecular flexibility index (Phi) is 8.43. The lowest BCUT2D eigenvalue weighted by Gasteiger charge is -2.14. The van der Waals surface area contributed by atoms with E-state index >= 15 is 0 Å². The summed E-state index contributed by atoms with van der Waals surface area (Å²) < 4.78 is 2.42. The molecule has 8 nitrogen and oxygen atoms in total. The van der Waals surface area contributed by atoms with Crippen LogP contribution in [0.4, 0.5) is 5.69 Å². The summed E-state index contributed by atoms with van der Waals surface area (Å²) in [6.45, 7) is 2.50. The number of para-hydroxylation sites is 2. The molecule has 0 unspecified atom stereocenters. The van der Waals surface area contributed by atoms with Gasteiger partial charge in [0.2, 0.25) is 11.8 Å². The molecular formula is C24H27ClN4O4. The number of halogens is 1. The van der Waals surface area contributed by atoms with Crippen molar-refractivity contribution in [1.29, 1.82) is 0 Å². The molecule has 2 aromatic carbocycles. The molecule has 0 aliphatic carbocycles. The van der Waals surface area contributed by atoms with Gasteiger partial charge in [-0.2, -0.15) is 0 Å². The average Bonchev–Trinajstić information content (AvgIpc) is 2.81. The van der Waals surface area contributed by atoms with Gasteiger partial charge in [-0.1, -0.05) is 42.8 Å². The molecule has 33 heavy (non-hydrogen) atoms. The molecule has 0 saturated heterocycles. The molecule has 1 aromatic heterocycles. The first-order valence-electron chi connectivity index (χ1n) is 11.0. The molecule has 2 N–H and O–H groups in total. The van der Waals surface area contributed by atoms with Gasteiger partial charge in [-0.05, 0) is 43.5 Å². The number of rotatable bonds is 10. The number of benzene rings is 2. The predicted octanol–water partition coefficient (Wildman–Crippen LogP) is 3.15. The normalized spacial score (nSPS) is 10.8. The van der Waals surface area contributed by atoms with Crippen molar-refractivity contribution in [3.05, 3.63) is 74.4 Å². The zero-order chi connectivity index (χ0) is 23.8. The quantitative estimate of drug-likeness (QED) is 0.444. The summed E-state index contributed by atoms with van der Waals surface area (Å²) in [4.78, 5) is 50.6. The molecule has 0 radical (unpaired) electrons. The molecule has 0 aliphatic rings. The molecule has 0 bridgehead atoms. The van der Waals surface area contributed by atoms with Crippen LogP contribution in [-0.2, 0) is 22.7 Å². The van der Waals surface area contributed by atoms with Crippen LogP contribution in [0.25, 0.3) is 10.9 Å². The standard InChI is InChI=1S/C24H27ClN4O4/c1-2-14-26-21(30)13-7-8-15-28-23(32)17-9-3-6-12-20(17)29(24(28)33)16-22(31)27-19-11-5-4-10-18(19)25/h3-6,9-12H,2,7-8,13-16H2,1H3,(H,26,30)(H,27,31). The maximum absolute atomic E-state index is 13.2. The fourth-order valence-corrected chi connectivity index (χ4v) is 3.71. The monoisotopic (exact) mass is 470 g/mol. The van der Waals surface area contributed by atoms with Crippen LogP contribution in [0.1, 0.15) is 32.6 Å². The van der Waals surface area contributed by atoms with Gasteiger partial charge in [0.25, 0.3) is 5.56 Å². The Morgan fingerprint density at radius 1 is 0.939 bits per heavy atom. The lowest BCUT2D eigenvalue weighted by Crippen LogP contribution is -2.41. The highest BCUT2D eigenvalue weighted by Crippen LogP contribution is 2.20. The number of hydrogen-bond acceptors (Lipinski definition) is 4. The van der Waals surface area contributed by atoms with Gasteiger partial charge in [0.05, 0.1) is 21.6 Å². The van der Waals surface area contributed by atoms with Crippen molar-refractivity contribution in [3.8, 4) is 0 Å². The Labute approximate surface area is 196 Å². The minimum atomic E-state index is -0.566. The van der Waals surface area contributed by atoms with Crippen molar-refractivity contribution in [3.63, 3.8) is 0 Å². The van der Waals surface area contributed by atoms with Crippen LogP contribution in [0, 0.1) is 0 Å². The van der Waals surface area contributed by atoms with E-state index in [0.29, 0.717) is 47.4 Å². The number of fused-ring (bicyclic) bond motifs is 1. The van der Waals surface area contributed by atoms with E-state index in [1.165, 1.54) is 4.57 Å². The molecule has 0 fully saturated rings. The summed E-state index contributed by atoms with van der Waals surface area (Å²) in [6.07, 6.45) is 2.22. The van der Waals surface area contributed by atoms with Crippen LogP contribution in [0.2, 0.25) is 5.02 Å². The third kappa shape index (κ3) is 6.10. The van der Waals surface area contributed by atoms with Gasteiger partial charge < -0.3 is 10.6 Å². The van der Waals surface area contributed by atoms with Crippen molar-refractivity contribution < 1.29 is 9.59 Å². The van der Waals surface area contributed by atoms with E-state index in [9.17, 15) is 19.2 Å². The molecule has 1 heterocycles. The van der Waals surface area contributed by atoms with Gasteiger partial charge >= 0.3 is 5.69 Å². The number of unbranched alkanes of at least 4 members (excludes halogenated alkanes) is 1. The summed E-state index contributed by atoms with van der Waals surface area (Å²) in [5, 5.41) is 6.24. The number of aromatic nitrogens is 2. The van der Waals surface area contributed by atoms with Gasteiger partial charge in [0.15, 0.2) is 0 Å². The Morgan fingerprint density at radius 3 is 2.42 bits per heavy atom. The van der Waals surface area contributed by atoms with E-state index in [2.05, 4.69) is 10.6 Å². The van der Waals surface area contributed by atoms with E-state index in [1.807, 2.05) is 6.92 Å². The Hall–Kier alpha value is -3.39. The SMILES string of the molecule is CCCNC(=O)CCCCn1c(=O)c2ccccc2n(CC(=O)Nc2ccccc2Cl)c1=O. The van der Waals surface area contributed by atoms with Crippen LogP contribution in [0.3, 0.4) is 0 Å². The van der Waals surface area contributed by atoms with Crippen molar-refractivity contribution in [1.82, 2.24) is 14.5 Å². The van der Waals surface area contributed by atoms with E-state index in [1.54, 1.807) is 48.5 Å². The number of hydrogen-bond donors (Lipinski definition) is 2.